The normalized spacial score (nSPS) is 11.2. The Balaban J connectivity index is 2.94. The average Bonchev–Trinajstić information content (AvgIpc) is 2.40. The molecule has 0 aliphatic rings. The highest BCUT2D eigenvalue weighted by molar-refractivity contribution is 7.92. The van der Waals surface area contributed by atoms with Crippen LogP contribution in [0.2, 0.25) is 0 Å². The van der Waals surface area contributed by atoms with Gasteiger partial charge in [0.1, 0.15) is 0 Å². The molecule has 1 aromatic carbocycles. The average molecular weight is 320 g/mol. The van der Waals surface area contributed by atoms with Gasteiger partial charge in [-0.2, -0.15) is 0 Å². The van der Waals surface area contributed by atoms with Crippen molar-refractivity contribution in [2.45, 2.75) is 19.8 Å². The predicted molar refractivity (Wildman–Crippen MR) is 79.9 cm³/mol. The highest BCUT2D eigenvalue weighted by atomic mass is 35.5. The molecule has 1 aromatic rings. The Morgan fingerprint density at radius 1 is 1.35 bits per heavy atom. The van der Waals surface area contributed by atoms with Crippen LogP contribution in [-0.2, 0) is 14.8 Å². The molecule has 0 bridgehead atoms. The van der Waals surface area contributed by atoms with E-state index in [2.05, 4.69) is 9.46 Å². The van der Waals surface area contributed by atoms with Crippen LogP contribution >= 0.6 is 11.6 Å². The molecule has 7 heteroatoms. The lowest BCUT2D eigenvalue weighted by atomic mass is 10.1. The second-order valence-electron chi connectivity index (χ2n) is 4.36. The molecule has 0 amide bonds. The molecule has 0 aliphatic heterocycles. The maximum absolute atomic E-state index is 11.9. The van der Waals surface area contributed by atoms with E-state index in [-0.39, 0.29) is 17.0 Å². The second-order valence-corrected chi connectivity index (χ2v) is 6.58. The monoisotopic (exact) mass is 319 g/mol. The maximum atomic E-state index is 11.9. The fraction of sp³-hybridized carbons (Fsp3) is 0.462. The maximum Gasteiger partial charge on any atom is 0.340 e. The van der Waals surface area contributed by atoms with Gasteiger partial charge in [0.2, 0.25) is 10.0 Å². The Labute approximate surface area is 124 Å². The van der Waals surface area contributed by atoms with Crippen LogP contribution in [0.5, 0.6) is 0 Å². The van der Waals surface area contributed by atoms with Crippen LogP contribution in [0, 0.1) is 6.92 Å². The van der Waals surface area contributed by atoms with E-state index >= 15 is 0 Å². The Morgan fingerprint density at radius 2 is 2.05 bits per heavy atom. The van der Waals surface area contributed by atoms with Crippen molar-refractivity contribution in [2.24, 2.45) is 0 Å². The van der Waals surface area contributed by atoms with Gasteiger partial charge in [0, 0.05) is 5.88 Å². The molecule has 0 unspecified atom stereocenters. The van der Waals surface area contributed by atoms with Gasteiger partial charge in [-0.15, -0.1) is 11.6 Å². The fourth-order valence-electron chi connectivity index (χ4n) is 1.63. The summed E-state index contributed by atoms with van der Waals surface area (Å²) >= 11 is 5.52. The van der Waals surface area contributed by atoms with E-state index < -0.39 is 16.0 Å². The molecule has 0 radical (unpaired) electrons. The number of hydrogen-bond donors (Lipinski definition) is 1. The van der Waals surface area contributed by atoms with Crippen molar-refractivity contribution in [3.05, 3.63) is 29.3 Å². The number of carbonyl (C=O) groups is 1. The van der Waals surface area contributed by atoms with Crippen LogP contribution in [0.3, 0.4) is 0 Å². The number of aryl methyl sites for hydroxylation is 1. The minimum Gasteiger partial charge on any atom is -0.465 e. The third-order valence-corrected chi connectivity index (χ3v) is 4.27. The largest absolute Gasteiger partial charge is 0.465 e. The van der Waals surface area contributed by atoms with Crippen molar-refractivity contribution in [3.63, 3.8) is 0 Å². The van der Waals surface area contributed by atoms with Gasteiger partial charge in [0.05, 0.1) is 24.1 Å². The van der Waals surface area contributed by atoms with Gasteiger partial charge in [0.15, 0.2) is 0 Å². The molecule has 0 spiro atoms. The number of benzene rings is 1. The zero-order chi connectivity index (χ0) is 15.2. The quantitative estimate of drug-likeness (QED) is 0.476. The molecule has 5 nitrogen and oxygen atoms in total. The number of anilines is 1. The third kappa shape index (κ3) is 5.02. The van der Waals surface area contributed by atoms with Crippen LogP contribution in [0.1, 0.15) is 28.8 Å². The summed E-state index contributed by atoms with van der Waals surface area (Å²) in [6.45, 7) is 1.81. The number of nitrogens with one attached hydrogen (secondary N) is 1. The zero-order valence-electron chi connectivity index (χ0n) is 11.5. The van der Waals surface area contributed by atoms with Crippen molar-refractivity contribution in [3.8, 4) is 0 Å². The van der Waals surface area contributed by atoms with Gasteiger partial charge in [-0.3, -0.25) is 4.72 Å². The summed E-state index contributed by atoms with van der Waals surface area (Å²) in [6, 6.07) is 4.87. The van der Waals surface area contributed by atoms with Crippen molar-refractivity contribution in [2.75, 3.05) is 23.5 Å². The van der Waals surface area contributed by atoms with Crippen LogP contribution < -0.4 is 4.72 Å². The zero-order valence-corrected chi connectivity index (χ0v) is 13.1. The molecule has 1 N–H and O–H groups in total. The Hall–Kier alpha value is -1.27. The molecule has 0 saturated heterocycles. The van der Waals surface area contributed by atoms with Gasteiger partial charge in [0.25, 0.3) is 0 Å². The van der Waals surface area contributed by atoms with Crippen molar-refractivity contribution >= 4 is 33.3 Å². The molecule has 0 aromatic heterocycles. The number of hydrogen-bond acceptors (Lipinski definition) is 4. The number of ether oxygens (including phenoxy) is 1. The van der Waals surface area contributed by atoms with E-state index in [0.717, 1.165) is 5.56 Å². The molecular formula is C13H18ClNO4S. The number of esters is 1. The number of halogens is 1. The first-order valence-electron chi connectivity index (χ1n) is 6.15. The van der Waals surface area contributed by atoms with Gasteiger partial charge in [-0.1, -0.05) is 11.6 Å². The van der Waals surface area contributed by atoms with Crippen LogP contribution in [0.4, 0.5) is 5.69 Å². The van der Waals surface area contributed by atoms with Gasteiger partial charge in [-0.05, 0) is 31.9 Å². The highest BCUT2D eigenvalue weighted by Crippen LogP contribution is 2.20. The number of rotatable bonds is 7. The number of alkyl halides is 1. The van der Waals surface area contributed by atoms with Gasteiger partial charge >= 0.3 is 5.97 Å². The minimum atomic E-state index is -3.50. The van der Waals surface area contributed by atoms with Crippen molar-refractivity contribution < 1.29 is 17.9 Å². The van der Waals surface area contributed by atoms with E-state index in [1.165, 1.54) is 7.11 Å². The molecular weight excluding hydrogens is 302 g/mol. The molecule has 0 fully saturated rings. The number of sulfonamides is 1. The lowest BCUT2D eigenvalue weighted by Crippen LogP contribution is -2.19. The first kappa shape index (κ1) is 16.8. The fourth-order valence-corrected chi connectivity index (χ4v) is 3.02. The SMILES string of the molecule is COC(=O)c1cc(C)ccc1NS(=O)(=O)CCCCCl. The van der Waals surface area contributed by atoms with Crippen molar-refractivity contribution in [1.29, 1.82) is 0 Å². The summed E-state index contributed by atoms with van der Waals surface area (Å²) < 4.78 is 30.9. The van der Waals surface area contributed by atoms with E-state index in [4.69, 9.17) is 11.6 Å². The summed E-state index contributed by atoms with van der Waals surface area (Å²) in [5, 5.41) is 0. The molecule has 0 saturated carbocycles. The van der Waals surface area contributed by atoms with E-state index in [1.54, 1.807) is 18.2 Å². The number of methoxy groups -OCH3 is 1. The molecule has 0 atom stereocenters. The van der Waals surface area contributed by atoms with Crippen LogP contribution in [0.15, 0.2) is 18.2 Å². The topological polar surface area (TPSA) is 72.5 Å². The van der Waals surface area contributed by atoms with E-state index in [9.17, 15) is 13.2 Å². The summed E-state index contributed by atoms with van der Waals surface area (Å²) in [4.78, 5) is 11.7. The Morgan fingerprint density at radius 3 is 2.65 bits per heavy atom. The lowest BCUT2D eigenvalue weighted by Gasteiger charge is -2.12. The molecule has 112 valence electrons. The summed E-state index contributed by atoms with van der Waals surface area (Å²) in [6.07, 6.45) is 1.10. The van der Waals surface area contributed by atoms with Crippen LogP contribution in [0.25, 0.3) is 0 Å². The minimum absolute atomic E-state index is 0.0335. The number of carbonyl (C=O) groups excluding carboxylic acids is 1. The first-order valence-corrected chi connectivity index (χ1v) is 8.33. The van der Waals surface area contributed by atoms with Gasteiger partial charge < -0.3 is 4.74 Å². The third-order valence-electron chi connectivity index (χ3n) is 2.64. The highest BCUT2D eigenvalue weighted by Gasteiger charge is 2.17. The molecule has 1 rings (SSSR count). The van der Waals surface area contributed by atoms with Gasteiger partial charge in [-0.25, -0.2) is 13.2 Å². The lowest BCUT2D eigenvalue weighted by molar-refractivity contribution is 0.0602. The predicted octanol–water partition coefficient (Wildman–Crippen LogP) is 2.54. The number of unbranched alkanes of at least 4 members (excludes halogenated alkanes) is 1. The van der Waals surface area contributed by atoms with Crippen LogP contribution in [-0.4, -0.2) is 33.1 Å². The van der Waals surface area contributed by atoms with E-state index in [1.807, 2.05) is 6.92 Å². The molecule has 0 heterocycles. The molecule has 20 heavy (non-hydrogen) atoms. The Bertz CT molecular complexity index is 572. The second kappa shape index (κ2) is 7.50. The molecule has 0 aliphatic carbocycles. The smallest absolute Gasteiger partial charge is 0.340 e. The summed E-state index contributed by atoms with van der Waals surface area (Å²) in [5.41, 5.74) is 1.28. The first-order chi connectivity index (χ1) is 9.39. The van der Waals surface area contributed by atoms with Crippen molar-refractivity contribution in [1.82, 2.24) is 0 Å². The summed E-state index contributed by atoms with van der Waals surface area (Å²) in [5.74, 6) is -0.186. The summed E-state index contributed by atoms with van der Waals surface area (Å²) in [7, 11) is -2.25. The standard InChI is InChI=1S/C13H18ClNO4S/c1-10-5-6-12(11(9-10)13(16)19-2)15-20(17,18)8-4-3-7-14/h5-6,9,15H,3-4,7-8H2,1-2H3. The Kier molecular flexibility index (Phi) is 6.29. The van der Waals surface area contributed by atoms with E-state index in [0.29, 0.717) is 18.7 Å².